The van der Waals surface area contributed by atoms with E-state index in [1.54, 1.807) is 10.9 Å². The van der Waals surface area contributed by atoms with Gasteiger partial charge in [0.05, 0.1) is 23.3 Å². The first-order chi connectivity index (χ1) is 19.1. The van der Waals surface area contributed by atoms with Crippen LogP contribution in [0.2, 0.25) is 0 Å². The molecule has 5 rings (SSSR count). The van der Waals surface area contributed by atoms with E-state index in [4.69, 9.17) is 9.84 Å². The molecule has 0 aliphatic carbocycles. The van der Waals surface area contributed by atoms with Gasteiger partial charge >= 0.3 is 12.1 Å². The predicted molar refractivity (Wildman–Crippen MR) is 155 cm³/mol. The van der Waals surface area contributed by atoms with E-state index in [1.807, 2.05) is 61.5 Å². The summed E-state index contributed by atoms with van der Waals surface area (Å²) in [4.78, 5) is 30.4. The zero-order valence-corrected chi connectivity index (χ0v) is 23.1. The van der Waals surface area contributed by atoms with Gasteiger partial charge in [0.2, 0.25) is 5.88 Å². The van der Waals surface area contributed by atoms with Crippen molar-refractivity contribution in [3.63, 3.8) is 0 Å². The predicted octanol–water partition coefficient (Wildman–Crippen LogP) is 6.19. The molecule has 40 heavy (non-hydrogen) atoms. The van der Waals surface area contributed by atoms with E-state index in [9.17, 15) is 14.7 Å². The average molecular weight is 543 g/mol. The van der Waals surface area contributed by atoms with Gasteiger partial charge in [0.25, 0.3) is 0 Å². The van der Waals surface area contributed by atoms with Crippen LogP contribution in [-0.4, -0.2) is 56.1 Å². The van der Waals surface area contributed by atoms with E-state index in [0.29, 0.717) is 43.3 Å². The van der Waals surface area contributed by atoms with Gasteiger partial charge in [-0.2, -0.15) is 5.10 Å². The Morgan fingerprint density at radius 2 is 1.68 bits per heavy atom. The molecule has 2 aromatic carbocycles. The van der Waals surface area contributed by atoms with Crippen LogP contribution in [0.4, 0.5) is 21.1 Å². The molecule has 1 aliphatic rings. The number of anilines is 2. The van der Waals surface area contributed by atoms with Crippen molar-refractivity contribution < 1.29 is 19.4 Å². The van der Waals surface area contributed by atoms with Crippen molar-refractivity contribution in [1.82, 2.24) is 19.7 Å². The highest BCUT2D eigenvalue weighted by atomic mass is 16.5. The number of ether oxygens (including phenoxy) is 1. The molecule has 1 aliphatic heterocycles. The minimum absolute atomic E-state index is 0.132. The summed E-state index contributed by atoms with van der Waals surface area (Å²) in [6, 6.07) is 17.0. The molecule has 10 heteroatoms. The number of hydrogen-bond donors (Lipinski definition) is 3. The number of hydrogen-bond acceptors (Lipinski definition) is 5. The van der Waals surface area contributed by atoms with Gasteiger partial charge in [-0.25, -0.2) is 19.3 Å². The third-order valence-electron chi connectivity index (χ3n) is 7.00. The van der Waals surface area contributed by atoms with Crippen molar-refractivity contribution in [2.75, 3.05) is 23.7 Å². The molecule has 0 bridgehead atoms. The highest BCUT2D eigenvalue weighted by molar-refractivity contribution is 6.06. The summed E-state index contributed by atoms with van der Waals surface area (Å²) in [5.41, 5.74) is 3.17. The van der Waals surface area contributed by atoms with Crippen LogP contribution < -0.4 is 15.4 Å². The van der Waals surface area contributed by atoms with Gasteiger partial charge in [-0.3, -0.25) is 5.32 Å². The summed E-state index contributed by atoms with van der Waals surface area (Å²) in [7, 11) is 0. The number of rotatable bonds is 5. The lowest BCUT2D eigenvalue weighted by atomic mass is 9.92. The first kappa shape index (κ1) is 27.0. The van der Waals surface area contributed by atoms with Crippen molar-refractivity contribution in [2.45, 2.75) is 52.1 Å². The summed E-state index contributed by atoms with van der Waals surface area (Å²) in [6.45, 7) is 9.11. The number of likely N-dealkylation sites (tertiary alicyclic amines) is 1. The van der Waals surface area contributed by atoms with E-state index < -0.39 is 12.1 Å². The molecule has 208 valence electrons. The molecule has 0 saturated carbocycles. The van der Waals surface area contributed by atoms with E-state index in [0.717, 1.165) is 27.7 Å². The van der Waals surface area contributed by atoms with Gasteiger partial charge in [-0.05, 0) is 25.1 Å². The first-order valence-electron chi connectivity index (χ1n) is 13.4. The van der Waals surface area contributed by atoms with Crippen molar-refractivity contribution >= 4 is 34.4 Å². The Kier molecular flexibility index (Phi) is 7.34. The molecule has 0 radical (unpaired) electrons. The van der Waals surface area contributed by atoms with Crippen LogP contribution >= 0.6 is 0 Å². The molecule has 0 atom stereocenters. The van der Waals surface area contributed by atoms with Crippen LogP contribution in [0.15, 0.2) is 60.8 Å². The summed E-state index contributed by atoms with van der Waals surface area (Å²) >= 11 is 0. The van der Waals surface area contributed by atoms with Crippen LogP contribution in [-0.2, 0) is 5.41 Å². The topological polar surface area (TPSA) is 122 Å². The number of aryl methyl sites for hydroxylation is 1. The van der Waals surface area contributed by atoms with Gasteiger partial charge in [0.15, 0.2) is 0 Å². The molecule has 3 N–H and O–H groups in total. The fourth-order valence-corrected chi connectivity index (χ4v) is 4.67. The molecular formula is C30H34N6O4. The summed E-state index contributed by atoms with van der Waals surface area (Å²) in [6.07, 6.45) is 1.73. The van der Waals surface area contributed by atoms with E-state index in [1.165, 1.54) is 4.90 Å². The number of carbonyl (C=O) groups excluding carboxylic acids is 1. The van der Waals surface area contributed by atoms with Gasteiger partial charge in [0, 0.05) is 48.2 Å². The Hall–Kier alpha value is -4.60. The molecule has 3 heterocycles. The monoisotopic (exact) mass is 542 g/mol. The Bertz CT molecular complexity index is 1530. The summed E-state index contributed by atoms with van der Waals surface area (Å²) in [5.74, 6) is 1.01. The second-order valence-corrected chi connectivity index (χ2v) is 11.1. The Balaban J connectivity index is 1.36. The number of fused-ring (bicyclic) bond motifs is 1. The summed E-state index contributed by atoms with van der Waals surface area (Å²) in [5, 5.41) is 21.4. The van der Waals surface area contributed by atoms with Crippen molar-refractivity contribution in [1.29, 1.82) is 0 Å². The minimum Gasteiger partial charge on any atom is -0.474 e. The minimum atomic E-state index is -0.910. The molecular weight excluding hydrogens is 508 g/mol. The molecule has 0 unspecified atom stereocenters. The number of pyridine rings is 1. The number of benzene rings is 2. The smallest absolute Gasteiger partial charge is 0.407 e. The first-order valence-corrected chi connectivity index (χ1v) is 13.4. The second kappa shape index (κ2) is 10.9. The number of nitrogens with zero attached hydrogens (tertiary/aromatic N) is 4. The number of amides is 3. The zero-order chi connectivity index (χ0) is 28.4. The standard InChI is InChI=1S/C30H34N6O4/c1-19-9-11-20(12-10-19)36-26(17-25(34-36)30(2,3)4)33-28(37)32-24-18-31-27(23-8-6-5-7-22(23)24)40-21-13-15-35(16-14-21)29(38)39/h5-12,17-18,21H,13-16H2,1-4H3,(H,38,39)(H2,32,33,37). The molecule has 2 aromatic heterocycles. The quantitative estimate of drug-likeness (QED) is 0.276. The molecule has 1 fully saturated rings. The maximum absolute atomic E-state index is 13.2. The lowest BCUT2D eigenvalue weighted by molar-refractivity contribution is 0.0880. The Morgan fingerprint density at radius 3 is 2.33 bits per heavy atom. The number of nitrogens with one attached hydrogen (secondary N) is 2. The third kappa shape index (κ3) is 5.85. The SMILES string of the molecule is Cc1ccc(-n2nc(C(C)(C)C)cc2NC(=O)Nc2cnc(OC3CCN(C(=O)O)CC3)c3ccccc23)cc1. The van der Waals surface area contributed by atoms with Crippen LogP contribution in [0.5, 0.6) is 5.88 Å². The lowest BCUT2D eigenvalue weighted by Gasteiger charge is -2.30. The molecule has 10 nitrogen and oxygen atoms in total. The van der Waals surface area contributed by atoms with E-state index in [2.05, 4.69) is 36.4 Å². The maximum Gasteiger partial charge on any atom is 0.407 e. The van der Waals surface area contributed by atoms with Crippen LogP contribution in [0, 0.1) is 6.92 Å². The number of urea groups is 1. The molecule has 0 spiro atoms. The van der Waals surface area contributed by atoms with Crippen molar-refractivity contribution in [2.24, 2.45) is 0 Å². The fraction of sp³-hybridized carbons (Fsp3) is 0.333. The van der Waals surface area contributed by atoms with Crippen molar-refractivity contribution in [3.8, 4) is 11.6 Å². The number of carboxylic acid groups (broad SMARTS) is 1. The second-order valence-electron chi connectivity index (χ2n) is 11.1. The van der Waals surface area contributed by atoms with Crippen LogP contribution in [0.3, 0.4) is 0 Å². The van der Waals surface area contributed by atoms with Gasteiger partial charge in [-0.1, -0.05) is 56.7 Å². The molecule has 1 saturated heterocycles. The summed E-state index contributed by atoms with van der Waals surface area (Å²) < 4.78 is 7.93. The Labute approximate surface area is 233 Å². The molecule has 3 amide bonds. The maximum atomic E-state index is 13.2. The normalized spacial score (nSPS) is 14.2. The van der Waals surface area contributed by atoms with Gasteiger partial charge < -0.3 is 20.1 Å². The molecule has 4 aromatic rings. The van der Waals surface area contributed by atoms with Crippen LogP contribution in [0.1, 0.15) is 44.9 Å². The van der Waals surface area contributed by atoms with E-state index in [-0.39, 0.29) is 11.5 Å². The van der Waals surface area contributed by atoms with Gasteiger partial charge in [-0.15, -0.1) is 0 Å². The number of piperidine rings is 1. The largest absolute Gasteiger partial charge is 0.474 e. The number of aromatic nitrogens is 3. The lowest BCUT2D eigenvalue weighted by Crippen LogP contribution is -2.41. The van der Waals surface area contributed by atoms with E-state index >= 15 is 0 Å². The number of carbonyl (C=O) groups is 2. The van der Waals surface area contributed by atoms with Crippen molar-refractivity contribution in [3.05, 3.63) is 72.1 Å². The Morgan fingerprint density at radius 1 is 1.00 bits per heavy atom. The zero-order valence-electron chi connectivity index (χ0n) is 23.1. The highest BCUT2D eigenvalue weighted by Crippen LogP contribution is 2.32. The third-order valence-corrected chi connectivity index (χ3v) is 7.00. The van der Waals surface area contributed by atoms with Gasteiger partial charge in [0.1, 0.15) is 11.9 Å². The average Bonchev–Trinajstić information content (AvgIpc) is 3.35. The van der Waals surface area contributed by atoms with Crippen LogP contribution in [0.25, 0.3) is 16.5 Å². The fourth-order valence-electron chi connectivity index (χ4n) is 4.67. The highest BCUT2D eigenvalue weighted by Gasteiger charge is 2.25.